The Morgan fingerprint density at radius 2 is 2.27 bits per heavy atom. The summed E-state index contributed by atoms with van der Waals surface area (Å²) in [6.07, 6.45) is 9.28. The second kappa shape index (κ2) is 6.18. The summed E-state index contributed by atoms with van der Waals surface area (Å²) in [7, 11) is 0. The van der Waals surface area contributed by atoms with E-state index in [-0.39, 0.29) is 0 Å². The molecule has 15 heavy (non-hydrogen) atoms. The molecule has 0 aliphatic heterocycles. The molecular formula is C14H19N. The van der Waals surface area contributed by atoms with Gasteiger partial charge in [-0.3, -0.25) is 4.98 Å². The second-order valence-electron chi connectivity index (χ2n) is 3.67. The van der Waals surface area contributed by atoms with Crippen molar-refractivity contribution in [2.24, 2.45) is 5.92 Å². The summed E-state index contributed by atoms with van der Waals surface area (Å²) in [5.74, 6) is 0.552. The van der Waals surface area contributed by atoms with Crippen LogP contribution < -0.4 is 0 Å². The first-order valence-electron chi connectivity index (χ1n) is 5.53. The molecule has 80 valence electrons. The third-order valence-electron chi connectivity index (χ3n) is 2.57. The van der Waals surface area contributed by atoms with Crippen LogP contribution in [-0.2, 0) is 0 Å². The maximum atomic E-state index is 4.40. The van der Waals surface area contributed by atoms with Crippen molar-refractivity contribution in [2.75, 3.05) is 0 Å². The van der Waals surface area contributed by atoms with Crippen LogP contribution in [0.2, 0.25) is 0 Å². The van der Waals surface area contributed by atoms with Crippen molar-refractivity contribution < 1.29 is 0 Å². The normalized spacial score (nSPS) is 14.5. The van der Waals surface area contributed by atoms with Gasteiger partial charge in [0, 0.05) is 6.20 Å². The van der Waals surface area contributed by atoms with Crippen molar-refractivity contribution in [3.05, 3.63) is 48.3 Å². The van der Waals surface area contributed by atoms with E-state index in [2.05, 4.69) is 37.0 Å². The predicted molar refractivity (Wildman–Crippen MR) is 66.5 cm³/mol. The minimum absolute atomic E-state index is 0.552. The number of rotatable bonds is 4. The Balaban J connectivity index is 3.02. The van der Waals surface area contributed by atoms with Gasteiger partial charge in [-0.1, -0.05) is 38.1 Å². The van der Waals surface area contributed by atoms with Crippen LogP contribution in [-0.4, -0.2) is 4.98 Å². The van der Waals surface area contributed by atoms with Crippen LogP contribution in [0.15, 0.2) is 42.6 Å². The lowest BCUT2D eigenvalue weighted by atomic mass is 9.95. The smallest absolute Gasteiger partial charge is 0.0664 e. The zero-order chi connectivity index (χ0) is 11.1. The maximum absolute atomic E-state index is 4.40. The van der Waals surface area contributed by atoms with Gasteiger partial charge in [-0.05, 0) is 37.0 Å². The molecule has 0 amide bonds. The van der Waals surface area contributed by atoms with E-state index in [1.54, 1.807) is 0 Å². The molecule has 0 aliphatic carbocycles. The van der Waals surface area contributed by atoms with Crippen molar-refractivity contribution in [1.82, 2.24) is 4.98 Å². The molecule has 1 nitrogen and oxygen atoms in total. The molecule has 1 heteroatoms. The number of pyridine rings is 1. The van der Waals surface area contributed by atoms with E-state index >= 15 is 0 Å². The van der Waals surface area contributed by atoms with E-state index in [0.29, 0.717) is 5.92 Å². The molecule has 0 bridgehead atoms. The van der Waals surface area contributed by atoms with Gasteiger partial charge in [-0.2, -0.15) is 0 Å². The van der Waals surface area contributed by atoms with Crippen molar-refractivity contribution >= 4 is 5.57 Å². The number of aromatic nitrogens is 1. The van der Waals surface area contributed by atoms with Gasteiger partial charge in [0.05, 0.1) is 5.69 Å². The van der Waals surface area contributed by atoms with Gasteiger partial charge >= 0.3 is 0 Å². The quantitative estimate of drug-likeness (QED) is 0.669. The van der Waals surface area contributed by atoms with Crippen LogP contribution >= 0.6 is 0 Å². The monoisotopic (exact) mass is 201 g/mol. The van der Waals surface area contributed by atoms with Gasteiger partial charge in [0.25, 0.3) is 0 Å². The summed E-state index contributed by atoms with van der Waals surface area (Å²) in [6, 6.07) is 6.06. The summed E-state index contributed by atoms with van der Waals surface area (Å²) in [6.45, 7) is 6.48. The number of hydrogen-bond acceptors (Lipinski definition) is 1. The molecular weight excluding hydrogens is 182 g/mol. The molecule has 1 atom stereocenters. The fourth-order valence-electron chi connectivity index (χ4n) is 1.46. The summed E-state index contributed by atoms with van der Waals surface area (Å²) >= 11 is 0. The molecule has 0 aliphatic rings. The van der Waals surface area contributed by atoms with Gasteiger partial charge in [-0.25, -0.2) is 0 Å². The fourth-order valence-corrected chi connectivity index (χ4v) is 1.46. The third-order valence-corrected chi connectivity index (χ3v) is 2.57. The first kappa shape index (κ1) is 11.7. The van der Waals surface area contributed by atoms with Gasteiger partial charge in [0.15, 0.2) is 0 Å². The molecule has 0 saturated carbocycles. The second-order valence-corrected chi connectivity index (χ2v) is 3.67. The lowest BCUT2D eigenvalue weighted by Crippen LogP contribution is -1.98. The lowest BCUT2D eigenvalue weighted by molar-refractivity contribution is 0.714. The van der Waals surface area contributed by atoms with E-state index in [1.165, 1.54) is 5.57 Å². The van der Waals surface area contributed by atoms with Crippen LogP contribution in [0.4, 0.5) is 0 Å². The molecule has 0 N–H and O–H groups in total. The standard InChI is InChI=1S/C14H19N/c1-4-6-9-13(12(3)5-2)14-10-7-8-11-15-14/h4,6-12H,5H2,1-3H3. The van der Waals surface area contributed by atoms with E-state index in [0.717, 1.165) is 12.1 Å². The van der Waals surface area contributed by atoms with Crippen molar-refractivity contribution in [3.63, 3.8) is 0 Å². The van der Waals surface area contributed by atoms with E-state index < -0.39 is 0 Å². The lowest BCUT2D eigenvalue weighted by Gasteiger charge is -2.12. The highest BCUT2D eigenvalue weighted by atomic mass is 14.7. The number of hydrogen-bond donors (Lipinski definition) is 0. The van der Waals surface area contributed by atoms with Gasteiger partial charge < -0.3 is 0 Å². The Morgan fingerprint density at radius 1 is 1.47 bits per heavy atom. The first-order chi connectivity index (χ1) is 7.29. The first-order valence-corrected chi connectivity index (χ1v) is 5.53. The molecule has 1 aromatic heterocycles. The van der Waals surface area contributed by atoms with E-state index in [4.69, 9.17) is 0 Å². The van der Waals surface area contributed by atoms with Crippen LogP contribution in [0.25, 0.3) is 5.57 Å². The minimum atomic E-state index is 0.552. The van der Waals surface area contributed by atoms with Crippen LogP contribution in [0.5, 0.6) is 0 Å². The minimum Gasteiger partial charge on any atom is -0.257 e. The summed E-state index contributed by atoms with van der Waals surface area (Å²) in [4.78, 5) is 4.40. The average molecular weight is 201 g/mol. The van der Waals surface area contributed by atoms with E-state index in [1.807, 2.05) is 31.3 Å². The Labute approximate surface area is 92.6 Å². The Morgan fingerprint density at radius 3 is 2.80 bits per heavy atom. The van der Waals surface area contributed by atoms with E-state index in [9.17, 15) is 0 Å². The SMILES string of the molecule is CC=CC=C(c1ccccn1)C(C)CC. The van der Waals surface area contributed by atoms with Crippen molar-refractivity contribution in [1.29, 1.82) is 0 Å². The number of nitrogens with zero attached hydrogens (tertiary/aromatic N) is 1. The molecule has 1 rings (SSSR count). The van der Waals surface area contributed by atoms with Crippen molar-refractivity contribution in [3.8, 4) is 0 Å². The van der Waals surface area contributed by atoms with Crippen molar-refractivity contribution in [2.45, 2.75) is 27.2 Å². The zero-order valence-electron chi connectivity index (χ0n) is 9.77. The van der Waals surface area contributed by atoms with Gasteiger partial charge in [0.2, 0.25) is 0 Å². The van der Waals surface area contributed by atoms with Gasteiger partial charge in [0.1, 0.15) is 0 Å². The van der Waals surface area contributed by atoms with Crippen LogP contribution in [0, 0.1) is 5.92 Å². The predicted octanol–water partition coefficient (Wildman–Crippen LogP) is 4.09. The molecule has 0 fully saturated rings. The molecule has 0 saturated heterocycles. The third kappa shape index (κ3) is 3.35. The van der Waals surface area contributed by atoms with Crippen LogP contribution in [0.1, 0.15) is 32.9 Å². The average Bonchev–Trinajstić information content (AvgIpc) is 2.30. The van der Waals surface area contributed by atoms with Crippen LogP contribution in [0.3, 0.4) is 0 Å². The highest BCUT2D eigenvalue weighted by Gasteiger charge is 2.08. The molecule has 0 aromatic carbocycles. The molecule has 0 spiro atoms. The molecule has 1 heterocycles. The molecule has 0 radical (unpaired) electrons. The maximum Gasteiger partial charge on any atom is 0.0664 e. The number of allylic oxidation sites excluding steroid dienone is 4. The fraction of sp³-hybridized carbons (Fsp3) is 0.357. The summed E-state index contributed by atoms with van der Waals surface area (Å²) in [5, 5.41) is 0. The highest BCUT2D eigenvalue weighted by molar-refractivity contribution is 5.65. The Kier molecular flexibility index (Phi) is 4.82. The molecule has 1 unspecified atom stereocenters. The largest absolute Gasteiger partial charge is 0.257 e. The zero-order valence-corrected chi connectivity index (χ0v) is 9.77. The summed E-state index contributed by atoms with van der Waals surface area (Å²) in [5.41, 5.74) is 2.40. The highest BCUT2D eigenvalue weighted by Crippen LogP contribution is 2.23. The Hall–Kier alpha value is -1.37. The topological polar surface area (TPSA) is 12.9 Å². The van der Waals surface area contributed by atoms with Gasteiger partial charge in [-0.15, -0.1) is 0 Å². The Bertz CT molecular complexity index is 336. The molecule has 1 aromatic rings. The summed E-state index contributed by atoms with van der Waals surface area (Å²) < 4.78 is 0.